The molecule has 1 saturated heterocycles. The summed E-state index contributed by atoms with van der Waals surface area (Å²) in [5.41, 5.74) is -1.80. The van der Waals surface area contributed by atoms with Crippen LogP contribution in [0.25, 0.3) is 0 Å². The van der Waals surface area contributed by atoms with Crippen LogP contribution in [0.3, 0.4) is 0 Å². The number of allylic oxidation sites excluding steroid dienone is 1. The van der Waals surface area contributed by atoms with Gasteiger partial charge in [-0.05, 0) is 6.92 Å². The van der Waals surface area contributed by atoms with Crippen LogP contribution in [0.2, 0.25) is 0 Å². The quantitative estimate of drug-likeness (QED) is 0.130. The molecule has 8 atom stereocenters. The maximum atomic E-state index is 12.0. The van der Waals surface area contributed by atoms with Gasteiger partial charge in [-0.2, -0.15) is 0 Å². The van der Waals surface area contributed by atoms with Crippen molar-refractivity contribution in [2.75, 3.05) is 26.9 Å². The van der Waals surface area contributed by atoms with Crippen LogP contribution in [0.5, 0.6) is 0 Å². The molecule has 0 radical (unpaired) electrons. The van der Waals surface area contributed by atoms with E-state index in [0.717, 1.165) is 0 Å². The van der Waals surface area contributed by atoms with E-state index < -0.39 is 80.1 Å². The Hall–Kier alpha value is -2.37. The van der Waals surface area contributed by atoms with Crippen LogP contribution >= 0.6 is 0 Å². The molecule has 0 aromatic heterocycles. The van der Waals surface area contributed by atoms with Gasteiger partial charge in [0.15, 0.2) is 18.1 Å². The topological polar surface area (TPSA) is 248 Å². The first kappa shape index (κ1) is 28.9. The molecule has 0 aromatic carbocycles. The summed E-state index contributed by atoms with van der Waals surface area (Å²) in [6, 6.07) is -1.68. The first-order valence-corrected chi connectivity index (χ1v) is 10.7. The molecule has 0 unspecified atom stereocenters. The fourth-order valence-corrected chi connectivity index (χ4v) is 3.81. The molecule has 2 aliphatic rings. The average Bonchev–Trinajstić information content (AvgIpc) is 2.80. The van der Waals surface area contributed by atoms with Crippen LogP contribution in [0.4, 0.5) is 0 Å². The number of rotatable bonds is 11. The molecule has 35 heavy (non-hydrogen) atoms. The Morgan fingerprint density at radius 1 is 1.17 bits per heavy atom. The fraction of sp³-hybridized carbons (Fsp3) is 0.750. The summed E-state index contributed by atoms with van der Waals surface area (Å²) in [5.74, 6) is -2.71. The zero-order valence-corrected chi connectivity index (χ0v) is 19.1. The highest BCUT2D eigenvalue weighted by molar-refractivity contribution is 6.02. The second-order valence-electron chi connectivity index (χ2n) is 8.39. The Morgan fingerprint density at radius 2 is 1.83 bits per heavy atom. The van der Waals surface area contributed by atoms with Crippen molar-refractivity contribution in [2.45, 2.75) is 68.2 Å². The number of methoxy groups -OCH3 is 1. The lowest BCUT2D eigenvalue weighted by Crippen LogP contribution is -2.60. The van der Waals surface area contributed by atoms with Gasteiger partial charge in [-0.1, -0.05) is 0 Å². The van der Waals surface area contributed by atoms with E-state index in [1.54, 1.807) is 0 Å². The molecule has 1 fully saturated rings. The average molecular weight is 508 g/mol. The smallest absolute Gasteiger partial charge is 0.331 e. The van der Waals surface area contributed by atoms with Crippen molar-refractivity contribution < 1.29 is 64.7 Å². The van der Waals surface area contributed by atoms with Gasteiger partial charge in [0.2, 0.25) is 0 Å². The van der Waals surface area contributed by atoms with Crippen molar-refractivity contribution in [2.24, 2.45) is 4.99 Å². The molecule has 0 amide bonds. The molecule has 2 rings (SSSR count). The van der Waals surface area contributed by atoms with E-state index in [1.165, 1.54) is 14.0 Å². The second-order valence-corrected chi connectivity index (χ2v) is 8.39. The van der Waals surface area contributed by atoms with Crippen molar-refractivity contribution in [3.63, 3.8) is 0 Å². The monoisotopic (exact) mass is 508 g/mol. The van der Waals surface area contributed by atoms with E-state index in [1.807, 2.05) is 0 Å². The summed E-state index contributed by atoms with van der Waals surface area (Å²) in [6.45, 7) is -0.714. The van der Waals surface area contributed by atoms with E-state index in [4.69, 9.17) is 19.3 Å². The summed E-state index contributed by atoms with van der Waals surface area (Å²) in [5, 5.41) is 80.9. The highest BCUT2D eigenvalue weighted by Crippen LogP contribution is 2.31. The number of hydrogen-bond donors (Lipinski definition) is 9. The van der Waals surface area contributed by atoms with E-state index in [2.05, 4.69) is 10.3 Å². The van der Waals surface area contributed by atoms with Crippen LogP contribution in [0, 0.1) is 0 Å². The SMILES string of the molecule is COC1=C(NCC(=O)O)C[C@@](O)(CO)CC1=N[C@H](C(=O)O)[C@@H](C)O[C@@H]1O[C@H](CO)[C@H](O)[C@H](O)[C@H]1O. The van der Waals surface area contributed by atoms with E-state index in [0.29, 0.717) is 0 Å². The van der Waals surface area contributed by atoms with E-state index in [-0.39, 0.29) is 30.0 Å². The first-order chi connectivity index (χ1) is 16.4. The van der Waals surface area contributed by atoms with Gasteiger partial charge >= 0.3 is 11.9 Å². The zero-order valence-electron chi connectivity index (χ0n) is 19.1. The molecule has 15 heteroatoms. The molecule has 0 saturated carbocycles. The highest BCUT2D eigenvalue weighted by atomic mass is 16.7. The summed E-state index contributed by atoms with van der Waals surface area (Å²) in [6.07, 6.45) is -9.90. The van der Waals surface area contributed by atoms with Crippen molar-refractivity contribution in [3.05, 3.63) is 11.5 Å². The van der Waals surface area contributed by atoms with Crippen LogP contribution < -0.4 is 5.32 Å². The third-order valence-corrected chi connectivity index (χ3v) is 5.68. The molecule has 1 heterocycles. The third-order valence-electron chi connectivity index (χ3n) is 5.68. The normalized spacial score (nSPS) is 34.4. The minimum Gasteiger partial charge on any atom is -0.493 e. The summed E-state index contributed by atoms with van der Waals surface area (Å²) >= 11 is 0. The number of carboxylic acids is 2. The van der Waals surface area contributed by atoms with Crippen LogP contribution in [-0.4, -0.2) is 134 Å². The van der Waals surface area contributed by atoms with Crippen LogP contribution in [-0.2, 0) is 23.8 Å². The third kappa shape index (κ3) is 6.86. The van der Waals surface area contributed by atoms with Crippen molar-refractivity contribution >= 4 is 17.7 Å². The predicted molar refractivity (Wildman–Crippen MR) is 114 cm³/mol. The maximum Gasteiger partial charge on any atom is 0.331 e. The van der Waals surface area contributed by atoms with Crippen LogP contribution in [0.15, 0.2) is 16.4 Å². The predicted octanol–water partition coefficient (Wildman–Crippen LogP) is -3.86. The van der Waals surface area contributed by atoms with Gasteiger partial charge in [0.25, 0.3) is 0 Å². The van der Waals surface area contributed by atoms with Gasteiger partial charge in [0.1, 0.15) is 31.0 Å². The lowest BCUT2D eigenvalue weighted by Gasteiger charge is -2.40. The number of aliphatic hydroxyl groups excluding tert-OH is 5. The summed E-state index contributed by atoms with van der Waals surface area (Å²) in [7, 11) is 1.24. The van der Waals surface area contributed by atoms with Gasteiger partial charge < -0.3 is 60.4 Å². The van der Waals surface area contributed by atoms with Crippen molar-refractivity contribution in [3.8, 4) is 0 Å². The first-order valence-electron chi connectivity index (χ1n) is 10.7. The number of carboxylic acid groups (broad SMARTS) is 2. The zero-order chi connectivity index (χ0) is 26.5. The minimum atomic E-state index is -1.79. The van der Waals surface area contributed by atoms with Gasteiger partial charge in [0.05, 0.1) is 43.4 Å². The molecular weight excluding hydrogens is 476 g/mol. The number of ether oxygens (including phenoxy) is 3. The molecule has 0 aromatic rings. The van der Waals surface area contributed by atoms with Crippen molar-refractivity contribution in [1.82, 2.24) is 5.32 Å². The number of nitrogens with zero attached hydrogens (tertiary/aromatic N) is 1. The lowest BCUT2D eigenvalue weighted by atomic mass is 9.85. The number of carbonyl (C=O) groups is 2. The van der Waals surface area contributed by atoms with Crippen LogP contribution in [0.1, 0.15) is 19.8 Å². The second kappa shape index (κ2) is 12.0. The van der Waals surface area contributed by atoms with E-state index >= 15 is 0 Å². The van der Waals surface area contributed by atoms with Crippen molar-refractivity contribution in [1.29, 1.82) is 0 Å². The Kier molecular flexibility index (Phi) is 9.94. The fourth-order valence-electron chi connectivity index (χ4n) is 3.81. The maximum absolute atomic E-state index is 12.0. The van der Waals surface area contributed by atoms with Gasteiger partial charge in [-0.3, -0.25) is 9.79 Å². The van der Waals surface area contributed by atoms with Gasteiger partial charge in [0, 0.05) is 12.8 Å². The molecule has 0 spiro atoms. The molecule has 1 aliphatic heterocycles. The highest BCUT2D eigenvalue weighted by Gasteiger charge is 2.46. The number of aliphatic hydroxyl groups is 6. The minimum absolute atomic E-state index is 0.0179. The Labute approximate surface area is 199 Å². The molecule has 9 N–H and O–H groups in total. The number of nitrogens with one attached hydrogen (secondary N) is 1. The van der Waals surface area contributed by atoms with Gasteiger partial charge in [-0.15, -0.1) is 0 Å². The molecule has 15 nitrogen and oxygen atoms in total. The lowest BCUT2D eigenvalue weighted by molar-refractivity contribution is -0.310. The Balaban J connectivity index is 2.36. The molecule has 0 bridgehead atoms. The molecular formula is C20H32N2O13. The standard InChI is InChI=1S/C20H32N2O13/c1-8(34-19-16(29)15(28)14(27)11(6-23)35-19)13(18(30)31)22-10-4-20(32,7-24)3-9(17(10)33-2)21-5-12(25)26/h8,11,13-16,19,21,23-24,27-29,32H,3-7H2,1-2H3,(H,25,26)(H,30,31)/t8-,11-,13+,14+,15+,16-,19-,20+/m1/s1. The van der Waals surface area contributed by atoms with Gasteiger partial charge in [-0.25, -0.2) is 4.79 Å². The number of aliphatic carboxylic acids is 2. The summed E-state index contributed by atoms with van der Waals surface area (Å²) in [4.78, 5) is 27.1. The van der Waals surface area contributed by atoms with E-state index in [9.17, 15) is 45.3 Å². The largest absolute Gasteiger partial charge is 0.493 e. The molecule has 200 valence electrons. The molecule has 1 aliphatic carbocycles. The summed E-state index contributed by atoms with van der Waals surface area (Å²) < 4.78 is 16.0. The Bertz CT molecular complexity index is 832. The Morgan fingerprint density at radius 3 is 2.34 bits per heavy atom. The number of hydrogen-bond acceptors (Lipinski definition) is 13. The number of aliphatic imine (C=N–C) groups is 1.